The van der Waals surface area contributed by atoms with Crippen LogP contribution in [0.1, 0.15) is 27.2 Å². The lowest BCUT2D eigenvalue weighted by atomic mass is 10.1. The van der Waals surface area contributed by atoms with Crippen molar-refractivity contribution in [2.75, 3.05) is 11.9 Å². The first kappa shape index (κ1) is 19.9. The normalized spacial score (nSPS) is 10.6. The van der Waals surface area contributed by atoms with Gasteiger partial charge in [-0.25, -0.2) is 4.79 Å². The number of hydrogen-bond donors (Lipinski definition) is 1. The summed E-state index contributed by atoms with van der Waals surface area (Å²) >= 11 is 0. The minimum atomic E-state index is -0.623. The summed E-state index contributed by atoms with van der Waals surface area (Å²) in [5.74, 6) is -1.16. The van der Waals surface area contributed by atoms with E-state index in [4.69, 9.17) is 4.74 Å². The predicted molar refractivity (Wildman–Crippen MR) is 108 cm³/mol. The molecule has 2 aromatic carbocycles. The van der Waals surface area contributed by atoms with Gasteiger partial charge in [0.05, 0.1) is 16.0 Å². The summed E-state index contributed by atoms with van der Waals surface area (Å²) in [4.78, 5) is 39.4. The molecule has 3 rings (SSSR count). The summed E-state index contributed by atoms with van der Waals surface area (Å²) in [5.41, 5.74) is 3.54. The third kappa shape index (κ3) is 4.55. The van der Waals surface area contributed by atoms with Crippen LogP contribution in [0.25, 0.3) is 10.9 Å². The summed E-state index contributed by atoms with van der Waals surface area (Å²) in [6.45, 7) is 4.85. The van der Waals surface area contributed by atoms with Gasteiger partial charge in [0.15, 0.2) is 6.61 Å². The lowest BCUT2D eigenvalue weighted by molar-refractivity contribution is -0.384. The molecule has 1 aromatic heterocycles. The van der Waals surface area contributed by atoms with Crippen molar-refractivity contribution in [1.29, 1.82) is 0 Å². The Labute approximate surface area is 166 Å². The molecule has 0 atom stereocenters. The van der Waals surface area contributed by atoms with E-state index in [1.54, 1.807) is 19.9 Å². The molecule has 8 heteroatoms. The number of anilines is 1. The predicted octanol–water partition coefficient (Wildman–Crippen LogP) is 3.86. The van der Waals surface area contributed by atoms with Crippen LogP contribution in [0, 0.1) is 30.9 Å². The lowest BCUT2D eigenvalue weighted by Gasteiger charge is -2.10. The first-order chi connectivity index (χ1) is 13.7. The molecule has 1 amide bonds. The number of pyridine rings is 1. The quantitative estimate of drug-likeness (QED) is 0.400. The van der Waals surface area contributed by atoms with Crippen LogP contribution in [0.15, 0.2) is 42.5 Å². The number of esters is 1. The highest BCUT2D eigenvalue weighted by molar-refractivity contribution is 6.04. The van der Waals surface area contributed by atoms with E-state index in [2.05, 4.69) is 10.3 Å². The van der Waals surface area contributed by atoms with Gasteiger partial charge < -0.3 is 10.1 Å². The van der Waals surface area contributed by atoms with Gasteiger partial charge in [0.1, 0.15) is 0 Å². The Balaban J connectivity index is 1.71. The zero-order valence-electron chi connectivity index (χ0n) is 16.2. The maximum atomic E-state index is 12.6. The van der Waals surface area contributed by atoms with Crippen LogP contribution in [0.4, 0.5) is 11.4 Å². The Morgan fingerprint density at radius 2 is 1.86 bits per heavy atom. The molecule has 0 fully saturated rings. The highest BCUT2D eigenvalue weighted by atomic mass is 16.6. The second-order valence-corrected chi connectivity index (χ2v) is 6.71. The standard InChI is InChI=1S/C21H19N3O5/c1-12-4-6-19-16(8-12)17(10-14(3)22-19)21(26)29-11-20(25)23-18-7-5-15(24(27)28)9-13(18)2/h4-10H,11H2,1-3H3,(H,23,25). The van der Waals surface area contributed by atoms with E-state index in [-0.39, 0.29) is 5.69 Å². The number of fused-ring (bicyclic) bond motifs is 1. The number of hydrogen-bond acceptors (Lipinski definition) is 6. The largest absolute Gasteiger partial charge is 0.452 e. The molecule has 148 valence electrons. The third-order valence-electron chi connectivity index (χ3n) is 4.34. The molecule has 0 aliphatic heterocycles. The Kier molecular flexibility index (Phi) is 5.54. The van der Waals surface area contributed by atoms with Crippen LogP contribution in [-0.2, 0) is 9.53 Å². The molecule has 1 N–H and O–H groups in total. The summed E-state index contributed by atoms with van der Waals surface area (Å²) < 4.78 is 5.18. The Bertz CT molecular complexity index is 1140. The van der Waals surface area contributed by atoms with Crippen LogP contribution < -0.4 is 5.32 Å². The summed E-state index contributed by atoms with van der Waals surface area (Å²) in [6, 6.07) is 11.3. The monoisotopic (exact) mass is 393 g/mol. The van der Waals surface area contributed by atoms with Crippen LogP contribution in [0.5, 0.6) is 0 Å². The van der Waals surface area contributed by atoms with Crippen molar-refractivity contribution in [2.45, 2.75) is 20.8 Å². The zero-order valence-corrected chi connectivity index (χ0v) is 16.2. The smallest absolute Gasteiger partial charge is 0.339 e. The summed E-state index contributed by atoms with van der Waals surface area (Å²) in [5, 5.41) is 14.0. The fourth-order valence-corrected chi connectivity index (χ4v) is 2.94. The van der Waals surface area contributed by atoms with Gasteiger partial charge in [-0.1, -0.05) is 11.6 Å². The van der Waals surface area contributed by atoms with E-state index in [9.17, 15) is 19.7 Å². The van der Waals surface area contributed by atoms with Crippen molar-refractivity contribution in [3.8, 4) is 0 Å². The molecule has 0 saturated heterocycles. The number of aromatic nitrogens is 1. The van der Waals surface area contributed by atoms with Crippen molar-refractivity contribution in [2.24, 2.45) is 0 Å². The van der Waals surface area contributed by atoms with E-state index in [0.29, 0.717) is 33.4 Å². The zero-order chi connectivity index (χ0) is 21.1. The van der Waals surface area contributed by atoms with E-state index >= 15 is 0 Å². The number of amides is 1. The molecule has 3 aromatic rings. The summed E-state index contributed by atoms with van der Waals surface area (Å²) in [7, 11) is 0. The minimum absolute atomic E-state index is 0.0674. The van der Waals surface area contributed by atoms with Crippen molar-refractivity contribution >= 4 is 34.2 Å². The van der Waals surface area contributed by atoms with Gasteiger partial charge in [0.2, 0.25) is 0 Å². The fourth-order valence-electron chi connectivity index (χ4n) is 2.94. The maximum absolute atomic E-state index is 12.6. The van der Waals surface area contributed by atoms with Crippen molar-refractivity contribution < 1.29 is 19.2 Å². The number of aryl methyl sites for hydroxylation is 3. The molecule has 0 bridgehead atoms. The topological polar surface area (TPSA) is 111 Å². The molecule has 29 heavy (non-hydrogen) atoms. The number of ether oxygens (including phenoxy) is 1. The maximum Gasteiger partial charge on any atom is 0.339 e. The van der Waals surface area contributed by atoms with Gasteiger partial charge in [-0.2, -0.15) is 0 Å². The number of carbonyl (C=O) groups excluding carboxylic acids is 2. The van der Waals surface area contributed by atoms with E-state index in [1.807, 2.05) is 25.1 Å². The molecule has 1 heterocycles. The van der Waals surface area contributed by atoms with Crippen molar-refractivity contribution in [3.63, 3.8) is 0 Å². The van der Waals surface area contributed by atoms with Crippen LogP contribution >= 0.6 is 0 Å². The number of nitrogens with zero attached hydrogens (tertiary/aromatic N) is 2. The van der Waals surface area contributed by atoms with Gasteiger partial charge in [0, 0.05) is 28.9 Å². The third-order valence-corrected chi connectivity index (χ3v) is 4.34. The van der Waals surface area contributed by atoms with Gasteiger partial charge in [-0.05, 0) is 50.6 Å². The highest BCUT2D eigenvalue weighted by Gasteiger charge is 2.16. The Morgan fingerprint density at radius 1 is 1.10 bits per heavy atom. The molecule has 0 aliphatic carbocycles. The number of benzene rings is 2. The van der Waals surface area contributed by atoms with Crippen LogP contribution in [0.3, 0.4) is 0 Å². The molecule has 0 saturated carbocycles. The molecular weight excluding hydrogens is 374 g/mol. The molecule has 8 nitrogen and oxygen atoms in total. The Hall–Kier alpha value is -3.81. The SMILES string of the molecule is Cc1ccc2nc(C)cc(C(=O)OCC(=O)Nc3ccc([N+](=O)[O-])cc3C)c2c1. The molecule has 0 radical (unpaired) electrons. The molecule has 0 aliphatic rings. The average Bonchev–Trinajstić information content (AvgIpc) is 2.67. The van der Waals surface area contributed by atoms with Crippen molar-refractivity contribution in [3.05, 3.63) is 75.0 Å². The minimum Gasteiger partial charge on any atom is -0.452 e. The highest BCUT2D eigenvalue weighted by Crippen LogP contribution is 2.22. The molecule has 0 spiro atoms. The van der Waals surface area contributed by atoms with Crippen LogP contribution in [-0.4, -0.2) is 28.4 Å². The molecular formula is C21H19N3O5. The number of non-ortho nitro benzene ring substituents is 1. The number of nitro groups is 1. The number of nitro benzene ring substituents is 1. The van der Waals surface area contributed by atoms with Gasteiger partial charge in [-0.3, -0.25) is 19.9 Å². The van der Waals surface area contributed by atoms with Gasteiger partial charge in [0.25, 0.3) is 11.6 Å². The second kappa shape index (κ2) is 8.05. The van der Waals surface area contributed by atoms with E-state index in [0.717, 1.165) is 5.56 Å². The fraction of sp³-hybridized carbons (Fsp3) is 0.190. The van der Waals surface area contributed by atoms with Crippen LogP contribution in [0.2, 0.25) is 0 Å². The Morgan fingerprint density at radius 3 is 2.55 bits per heavy atom. The lowest BCUT2D eigenvalue weighted by Crippen LogP contribution is -2.21. The van der Waals surface area contributed by atoms with Crippen molar-refractivity contribution in [1.82, 2.24) is 4.98 Å². The number of nitrogens with one attached hydrogen (secondary N) is 1. The van der Waals surface area contributed by atoms with E-state index < -0.39 is 23.4 Å². The average molecular weight is 393 g/mol. The van der Waals surface area contributed by atoms with Gasteiger partial charge in [-0.15, -0.1) is 0 Å². The number of carbonyl (C=O) groups is 2. The number of rotatable bonds is 5. The second-order valence-electron chi connectivity index (χ2n) is 6.71. The van der Waals surface area contributed by atoms with E-state index in [1.165, 1.54) is 18.2 Å². The first-order valence-electron chi connectivity index (χ1n) is 8.84. The summed E-state index contributed by atoms with van der Waals surface area (Å²) in [6.07, 6.45) is 0. The molecule has 0 unspecified atom stereocenters. The van der Waals surface area contributed by atoms with Gasteiger partial charge >= 0.3 is 5.97 Å². The first-order valence-corrected chi connectivity index (χ1v) is 8.84.